The summed E-state index contributed by atoms with van der Waals surface area (Å²) in [4.78, 5) is 0. The molecule has 1 aliphatic carbocycles. The third-order valence-electron chi connectivity index (χ3n) is 2.51. The summed E-state index contributed by atoms with van der Waals surface area (Å²) in [7, 11) is 0. The van der Waals surface area contributed by atoms with E-state index < -0.39 is 11.7 Å². The first-order chi connectivity index (χ1) is 5.69. The molecule has 0 aliphatic heterocycles. The number of rotatable bonds is 3. The van der Waals surface area contributed by atoms with Crippen LogP contribution in [0.4, 0.5) is 0 Å². The maximum atomic E-state index is 9.90. The van der Waals surface area contributed by atoms with Gasteiger partial charge in [-0.05, 0) is 19.8 Å². The molecule has 0 amide bonds. The SMILES string of the molecule is CCOCC1(O)CCCCC1O. The molecule has 0 aromatic rings. The summed E-state index contributed by atoms with van der Waals surface area (Å²) >= 11 is 0. The van der Waals surface area contributed by atoms with Crippen molar-refractivity contribution < 1.29 is 14.9 Å². The van der Waals surface area contributed by atoms with Crippen LogP contribution >= 0.6 is 0 Å². The molecule has 0 radical (unpaired) electrons. The molecule has 0 spiro atoms. The van der Waals surface area contributed by atoms with Gasteiger partial charge in [0.25, 0.3) is 0 Å². The minimum atomic E-state index is -0.978. The van der Waals surface area contributed by atoms with Gasteiger partial charge in [0.1, 0.15) is 5.60 Å². The fourth-order valence-electron chi connectivity index (χ4n) is 1.65. The zero-order chi connectivity index (χ0) is 9.03. The Morgan fingerprint density at radius 1 is 1.50 bits per heavy atom. The highest BCUT2D eigenvalue weighted by Gasteiger charge is 2.37. The van der Waals surface area contributed by atoms with E-state index in [0.717, 1.165) is 12.8 Å². The van der Waals surface area contributed by atoms with Gasteiger partial charge in [-0.15, -0.1) is 0 Å². The molecule has 2 N–H and O–H groups in total. The predicted molar refractivity (Wildman–Crippen MR) is 45.9 cm³/mol. The molecule has 0 aromatic heterocycles. The fraction of sp³-hybridized carbons (Fsp3) is 1.00. The van der Waals surface area contributed by atoms with Crippen molar-refractivity contribution in [3.05, 3.63) is 0 Å². The van der Waals surface area contributed by atoms with E-state index in [4.69, 9.17) is 4.74 Å². The topological polar surface area (TPSA) is 49.7 Å². The van der Waals surface area contributed by atoms with E-state index in [9.17, 15) is 10.2 Å². The Bertz CT molecular complexity index is 138. The number of aliphatic hydroxyl groups excluding tert-OH is 1. The molecule has 0 heterocycles. The number of hydrogen-bond donors (Lipinski definition) is 2. The van der Waals surface area contributed by atoms with Gasteiger partial charge in [0.2, 0.25) is 0 Å². The van der Waals surface area contributed by atoms with Gasteiger partial charge in [0.15, 0.2) is 0 Å². The second-order valence-corrected chi connectivity index (χ2v) is 3.50. The lowest BCUT2D eigenvalue weighted by molar-refractivity contribution is -0.138. The van der Waals surface area contributed by atoms with Crippen LogP contribution in [0.25, 0.3) is 0 Å². The molecule has 12 heavy (non-hydrogen) atoms. The van der Waals surface area contributed by atoms with Gasteiger partial charge < -0.3 is 14.9 Å². The monoisotopic (exact) mass is 174 g/mol. The highest BCUT2D eigenvalue weighted by atomic mass is 16.5. The van der Waals surface area contributed by atoms with Crippen molar-refractivity contribution in [1.29, 1.82) is 0 Å². The van der Waals surface area contributed by atoms with Crippen LogP contribution in [0.5, 0.6) is 0 Å². The Morgan fingerprint density at radius 3 is 2.83 bits per heavy atom. The van der Waals surface area contributed by atoms with Gasteiger partial charge in [-0.25, -0.2) is 0 Å². The van der Waals surface area contributed by atoms with Crippen LogP contribution < -0.4 is 0 Å². The first-order valence-electron chi connectivity index (χ1n) is 4.67. The molecule has 3 nitrogen and oxygen atoms in total. The maximum absolute atomic E-state index is 9.90. The first-order valence-corrected chi connectivity index (χ1v) is 4.67. The zero-order valence-corrected chi connectivity index (χ0v) is 7.62. The molecule has 2 atom stereocenters. The van der Waals surface area contributed by atoms with E-state index in [1.54, 1.807) is 0 Å². The van der Waals surface area contributed by atoms with Crippen molar-refractivity contribution >= 4 is 0 Å². The normalized spacial score (nSPS) is 36.8. The molecule has 2 unspecified atom stereocenters. The van der Waals surface area contributed by atoms with Gasteiger partial charge in [-0.3, -0.25) is 0 Å². The van der Waals surface area contributed by atoms with Crippen LogP contribution in [-0.2, 0) is 4.74 Å². The Labute approximate surface area is 73.4 Å². The molecule has 0 saturated heterocycles. The van der Waals surface area contributed by atoms with Crippen molar-refractivity contribution in [3.8, 4) is 0 Å². The third-order valence-corrected chi connectivity index (χ3v) is 2.51. The number of ether oxygens (including phenoxy) is 1. The molecule has 0 aromatic carbocycles. The molecule has 1 fully saturated rings. The highest BCUT2D eigenvalue weighted by molar-refractivity contribution is 4.89. The second-order valence-electron chi connectivity index (χ2n) is 3.50. The van der Waals surface area contributed by atoms with Crippen molar-refractivity contribution in [2.45, 2.75) is 44.3 Å². The lowest BCUT2D eigenvalue weighted by Gasteiger charge is -2.36. The fourth-order valence-corrected chi connectivity index (χ4v) is 1.65. The smallest absolute Gasteiger partial charge is 0.114 e. The van der Waals surface area contributed by atoms with Gasteiger partial charge in [-0.1, -0.05) is 12.8 Å². The average molecular weight is 174 g/mol. The third kappa shape index (κ3) is 2.19. The minimum Gasteiger partial charge on any atom is -0.390 e. The molecular formula is C9H18O3. The Balaban J connectivity index is 2.42. The summed E-state index contributed by atoms with van der Waals surface area (Å²) in [5, 5.41) is 19.4. The van der Waals surface area contributed by atoms with Crippen molar-refractivity contribution in [2.24, 2.45) is 0 Å². The van der Waals surface area contributed by atoms with Gasteiger partial charge >= 0.3 is 0 Å². The Hall–Kier alpha value is -0.120. The Kier molecular flexibility index (Phi) is 3.50. The van der Waals surface area contributed by atoms with E-state index in [-0.39, 0.29) is 6.61 Å². The van der Waals surface area contributed by atoms with E-state index in [2.05, 4.69) is 0 Å². The van der Waals surface area contributed by atoms with Gasteiger partial charge in [0.05, 0.1) is 12.7 Å². The van der Waals surface area contributed by atoms with Crippen LogP contribution in [-0.4, -0.2) is 35.1 Å². The molecule has 3 heteroatoms. The molecular weight excluding hydrogens is 156 g/mol. The minimum absolute atomic E-state index is 0.269. The highest BCUT2D eigenvalue weighted by Crippen LogP contribution is 2.28. The quantitative estimate of drug-likeness (QED) is 0.661. The lowest BCUT2D eigenvalue weighted by atomic mass is 9.83. The second kappa shape index (κ2) is 4.21. The van der Waals surface area contributed by atoms with E-state index in [1.165, 1.54) is 0 Å². The van der Waals surface area contributed by atoms with Crippen LogP contribution in [0, 0.1) is 0 Å². The first kappa shape index (κ1) is 9.96. The van der Waals surface area contributed by atoms with E-state index >= 15 is 0 Å². The summed E-state index contributed by atoms with van der Waals surface area (Å²) in [5.74, 6) is 0. The van der Waals surface area contributed by atoms with Crippen molar-refractivity contribution in [2.75, 3.05) is 13.2 Å². The van der Waals surface area contributed by atoms with Crippen LogP contribution in [0.3, 0.4) is 0 Å². The summed E-state index contributed by atoms with van der Waals surface area (Å²) in [6.45, 7) is 2.75. The summed E-state index contributed by atoms with van der Waals surface area (Å²) in [6.07, 6.45) is 2.76. The number of hydrogen-bond acceptors (Lipinski definition) is 3. The van der Waals surface area contributed by atoms with Crippen LogP contribution in [0.15, 0.2) is 0 Å². The van der Waals surface area contributed by atoms with Gasteiger partial charge in [-0.2, -0.15) is 0 Å². The molecule has 1 saturated carbocycles. The molecule has 1 aliphatic rings. The lowest BCUT2D eigenvalue weighted by Crippen LogP contribution is -2.48. The molecule has 72 valence electrons. The standard InChI is InChI=1S/C9H18O3/c1-2-12-7-9(11)6-4-3-5-8(9)10/h8,10-11H,2-7H2,1H3. The van der Waals surface area contributed by atoms with Gasteiger partial charge in [0, 0.05) is 6.61 Å². The average Bonchev–Trinajstić information content (AvgIpc) is 2.07. The van der Waals surface area contributed by atoms with Crippen molar-refractivity contribution in [3.63, 3.8) is 0 Å². The maximum Gasteiger partial charge on any atom is 0.114 e. The van der Waals surface area contributed by atoms with Crippen molar-refractivity contribution in [1.82, 2.24) is 0 Å². The van der Waals surface area contributed by atoms with E-state index in [1.807, 2.05) is 6.92 Å². The van der Waals surface area contributed by atoms with E-state index in [0.29, 0.717) is 19.4 Å². The Morgan fingerprint density at radius 2 is 2.25 bits per heavy atom. The molecule has 0 bridgehead atoms. The number of aliphatic hydroxyl groups is 2. The largest absolute Gasteiger partial charge is 0.390 e. The predicted octanol–water partition coefficient (Wildman–Crippen LogP) is 0.689. The van der Waals surface area contributed by atoms with Crippen LogP contribution in [0.2, 0.25) is 0 Å². The summed E-state index contributed by atoms with van der Waals surface area (Å²) < 4.78 is 5.14. The summed E-state index contributed by atoms with van der Waals surface area (Å²) in [5.41, 5.74) is -0.978. The molecule has 1 rings (SSSR count). The zero-order valence-electron chi connectivity index (χ0n) is 7.62. The summed E-state index contributed by atoms with van der Waals surface area (Å²) in [6, 6.07) is 0. The van der Waals surface area contributed by atoms with Crippen LogP contribution in [0.1, 0.15) is 32.6 Å².